The average molecular weight is 493 g/mol. The topological polar surface area (TPSA) is 135 Å². The van der Waals surface area contributed by atoms with Crippen molar-refractivity contribution in [1.82, 2.24) is 25.1 Å². The molecule has 178 valence electrons. The number of carbonyl (C=O) groups excluding carboxylic acids is 1. The first-order valence-corrected chi connectivity index (χ1v) is 10.9. The molecule has 11 heteroatoms. The molecule has 3 aromatic heterocycles. The fourth-order valence-corrected chi connectivity index (χ4v) is 4.25. The Labute approximate surface area is 206 Å². The number of hydrogen-bond donors (Lipinski definition) is 3. The van der Waals surface area contributed by atoms with E-state index in [0.717, 1.165) is 25.5 Å². The Morgan fingerprint density at radius 2 is 2.14 bits per heavy atom. The molecule has 5 rings (SSSR count). The summed E-state index contributed by atoms with van der Waals surface area (Å²) in [6, 6.07) is 11.4. The third kappa shape index (κ3) is 4.51. The van der Waals surface area contributed by atoms with Gasteiger partial charge in [-0.05, 0) is 49.7 Å². The van der Waals surface area contributed by atoms with Gasteiger partial charge in [0.05, 0.1) is 22.5 Å². The quantitative estimate of drug-likeness (QED) is 0.395. The lowest BCUT2D eigenvalue weighted by atomic mass is 10.0. The van der Waals surface area contributed by atoms with E-state index in [2.05, 4.69) is 26.7 Å². The van der Waals surface area contributed by atoms with Crippen LogP contribution in [-0.2, 0) is 0 Å². The number of amides is 1. The highest BCUT2D eigenvalue weighted by Crippen LogP contribution is 2.36. The van der Waals surface area contributed by atoms with Gasteiger partial charge in [0.2, 0.25) is 0 Å². The number of nitrogens with two attached hydrogens (primary N) is 1. The summed E-state index contributed by atoms with van der Waals surface area (Å²) in [6.07, 6.45) is 4.79. The first-order valence-electron chi connectivity index (χ1n) is 10.9. The van der Waals surface area contributed by atoms with E-state index in [0.29, 0.717) is 28.8 Å². The van der Waals surface area contributed by atoms with Crippen molar-refractivity contribution in [3.8, 4) is 17.3 Å². The molecule has 1 amide bonds. The van der Waals surface area contributed by atoms with Gasteiger partial charge in [0.15, 0.2) is 0 Å². The SMILES string of the molecule is Cl.N#Cc1cnc(N)c2c(-c3ccc(C(=O)Nc4ccccn4)cc3F)nn(C3CCCNC3)c12. The Morgan fingerprint density at radius 3 is 2.83 bits per heavy atom. The third-order valence-corrected chi connectivity index (χ3v) is 5.88. The minimum atomic E-state index is -0.635. The number of benzene rings is 1. The lowest BCUT2D eigenvalue weighted by Gasteiger charge is -2.24. The highest BCUT2D eigenvalue weighted by molar-refractivity contribution is 6.05. The van der Waals surface area contributed by atoms with E-state index in [1.807, 2.05) is 0 Å². The van der Waals surface area contributed by atoms with Crippen LogP contribution in [0.25, 0.3) is 22.2 Å². The van der Waals surface area contributed by atoms with E-state index < -0.39 is 11.7 Å². The summed E-state index contributed by atoms with van der Waals surface area (Å²) >= 11 is 0. The van der Waals surface area contributed by atoms with E-state index in [-0.39, 0.29) is 41.1 Å². The van der Waals surface area contributed by atoms with Crippen LogP contribution in [0.2, 0.25) is 0 Å². The van der Waals surface area contributed by atoms with Crippen molar-refractivity contribution in [3.05, 3.63) is 65.7 Å². The number of rotatable bonds is 4. The maximum absolute atomic E-state index is 15.3. The summed E-state index contributed by atoms with van der Waals surface area (Å²) in [6.45, 7) is 1.59. The van der Waals surface area contributed by atoms with Gasteiger partial charge in [-0.15, -0.1) is 12.4 Å². The van der Waals surface area contributed by atoms with Crippen LogP contribution >= 0.6 is 12.4 Å². The molecule has 0 saturated carbocycles. The number of halogens is 2. The minimum Gasteiger partial charge on any atom is -0.383 e. The predicted molar refractivity (Wildman–Crippen MR) is 133 cm³/mol. The maximum Gasteiger partial charge on any atom is 0.256 e. The van der Waals surface area contributed by atoms with E-state index in [1.54, 1.807) is 29.1 Å². The number of hydrogen-bond acceptors (Lipinski definition) is 7. The molecule has 1 atom stereocenters. The molecule has 4 aromatic rings. The lowest BCUT2D eigenvalue weighted by molar-refractivity contribution is 0.102. The second kappa shape index (κ2) is 10.0. The van der Waals surface area contributed by atoms with Gasteiger partial charge in [-0.25, -0.2) is 14.4 Å². The zero-order chi connectivity index (χ0) is 23.7. The van der Waals surface area contributed by atoms with Crippen molar-refractivity contribution in [2.75, 3.05) is 24.1 Å². The molecule has 0 spiro atoms. The average Bonchev–Trinajstić information content (AvgIpc) is 3.27. The summed E-state index contributed by atoms with van der Waals surface area (Å²) in [5.74, 6) is -0.592. The molecule has 1 unspecified atom stereocenters. The van der Waals surface area contributed by atoms with Crippen molar-refractivity contribution in [2.45, 2.75) is 18.9 Å². The largest absolute Gasteiger partial charge is 0.383 e. The van der Waals surface area contributed by atoms with Crippen LogP contribution in [0.1, 0.15) is 34.8 Å². The molecule has 35 heavy (non-hydrogen) atoms. The predicted octanol–water partition coefficient (Wildman–Crippen LogP) is 3.68. The number of fused-ring (bicyclic) bond motifs is 1. The zero-order valence-electron chi connectivity index (χ0n) is 18.5. The van der Waals surface area contributed by atoms with Crippen molar-refractivity contribution < 1.29 is 9.18 Å². The molecule has 4 heterocycles. The van der Waals surface area contributed by atoms with E-state index >= 15 is 4.39 Å². The van der Waals surface area contributed by atoms with Crippen molar-refractivity contribution in [1.29, 1.82) is 5.26 Å². The first kappa shape index (κ1) is 24.1. The summed E-state index contributed by atoms with van der Waals surface area (Å²) in [4.78, 5) is 20.8. The number of pyridine rings is 2. The van der Waals surface area contributed by atoms with Gasteiger partial charge in [0.25, 0.3) is 5.91 Å². The highest BCUT2D eigenvalue weighted by atomic mass is 35.5. The van der Waals surface area contributed by atoms with Gasteiger partial charge >= 0.3 is 0 Å². The van der Waals surface area contributed by atoms with Crippen LogP contribution in [0, 0.1) is 17.1 Å². The number of aromatic nitrogens is 4. The molecule has 0 radical (unpaired) electrons. The molecule has 1 aliphatic heterocycles. The highest BCUT2D eigenvalue weighted by Gasteiger charge is 2.26. The van der Waals surface area contributed by atoms with Gasteiger partial charge in [-0.3, -0.25) is 9.48 Å². The number of nitrogen functional groups attached to an aromatic ring is 1. The number of piperidine rings is 1. The number of carbonyl (C=O) groups is 1. The van der Waals surface area contributed by atoms with Crippen LogP contribution in [0.5, 0.6) is 0 Å². The Morgan fingerprint density at radius 1 is 1.29 bits per heavy atom. The standard InChI is InChI=1S/C24H21FN8O.ClH/c25-18-10-14(24(34)31-19-5-1-2-9-29-19)6-7-17(18)21-20-22(15(11-26)12-30-23(20)27)33(32-21)16-4-3-8-28-13-16;/h1-2,5-7,9-10,12,16,28H,3-4,8,13H2,(H2,27,30)(H,29,31,34);1H. The molecule has 4 N–H and O–H groups in total. The molecule has 1 saturated heterocycles. The monoisotopic (exact) mass is 492 g/mol. The maximum atomic E-state index is 15.3. The summed E-state index contributed by atoms with van der Waals surface area (Å²) in [5, 5.41) is 20.8. The second-order valence-electron chi connectivity index (χ2n) is 8.05. The molecular weight excluding hydrogens is 471 g/mol. The minimum absolute atomic E-state index is 0. The number of nitriles is 1. The van der Waals surface area contributed by atoms with Gasteiger partial charge in [0, 0.05) is 30.1 Å². The molecule has 1 aliphatic rings. The number of nitrogens with zero attached hydrogens (tertiary/aromatic N) is 5. The fourth-order valence-electron chi connectivity index (χ4n) is 4.25. The van der Waals surface area contributed by atoms with E-state index in [1.165, 1.54) is 18.3 Å². The summed E-state index contributed by atoms with van der Waals surface area (Å²) in [7, 11) is 0. The van der Waals surface area contributed by atoms with Crippen LogP contribution in [0.3, 0.4) is 0 Å². The molecule has 1 aromatic carbocycles. The van der Waals surface area contributed by atoms with Gasteiger partial charge in [0.1, 0.15) is 29.2 Å². The Bertz CT molecular complexity index is 1430. The Kier molecular flexibility index (Phi) is 6.91. The van der Waals surface area contributed by atoms with Crippen LogP contribution in [-0.4, -0.2) is 38.7 Å². The molecule has 0 bridgehead atoms. The Hall–Kier alpha value is -4.07. The molecule has 1 fully saturated rings. The Balaban J connectivity index is 0.00000289. The van der Waals surface area contributed by atoms with Gasteiger partial charge in [-0.1, -0.05) is 6.07 Å². The zero-order valence-corrected chi connectivity index (χ0v) is 19.3. The van der Waals surface area contributed by atoms with Gasteiger partial charge in [-0.2, -0.15) is 10.4 Å². The van der Waals surface area contributed by atoms with Crippen molar-refractivity contribution in [2.24, 2.45) is 0 Å². The smallest absolute Gasteiger partial charge is 0.256 e. The fraction of sp³-hybridized carbons (Fsp3) is 0.208. The molecule has 9 nitrogen and oxygen atoms in total. The van der Waals surface area contributed by atoms with Crippen LogP contribution in [0.4, 0.5) is 16.0 Å². The molecule has 0 aliphatic carbocycles. The first-order chi connectivity index (χ1) is 16.6. The normalized spacial score (nSPS) is 15.3. The lowest BCUT2D eigenvalue weighted by Crippen LogP contribution is -2.32. The number of nitrogens with one attached hydrogen (secondary N) is 2. The van der Waals surface area contributed by atoms with Crippen LogP contribution in [0.15, 0.2) is 48.8 Å². The molecular formula is C24H22ClFN8O. The van der Waals surface area contributed by atoms with E-state index in [4.69, 9.17) is 10.8 Å². The van der Waals surface area contributed by atoms with Crippen LogP contribution < -0.4 is 16.4 Å². The van der Waals surface area contributed by atoms with Crippen molar-refractivity contribution in [3.63, 3.8) is 0 Å². The number of anilines is 2. The van der Waals surface area contributed by atoms with E-state index in [9.17, 15) is 10.1 Å². The third-order valence-electron chi connectivity index (χ3n) is 5.88. The van der Waals surface area contributed by atoms with Gasteiger partial charge < -0.3 is 16.4 Å². The summed E-state index contributed by atoms with van der Waals surface area (Å²) < 4.78 is 17.1. The second-order valence-corrected chi connectivity index (χ2v) is 8.05. The summed E-state index contributed by atoms with van der Waals surface area (Å²) in [5.41, 5.74) is 7.64. The van der Waals surface area contributed by atoms with Crippen molar-refractivity contribution >= 4 is 40.9 Å².